The van der Waals surface area contributed by atoms with E-state index in [4.69, 9.17) is 0 Å². The Morgan fingerprint density at radius 2 is 1.06 bits per heavy atom. The summed E-state index contributed by atoms with van der Waals surface area (Å²) in [6.07, 6.45) is 3.89. The van der Waals surface area contributed by atoms with Crippen LogP contribution in [0.3, 0.4) is 0 Å². The Labute approximate surface area is 279 Å². The Morgan fingerprint density at radius 1 is 0.367 bits per heavy atom. The molecule has 0 radical (unpaired) electrons. The third kappa shape index (κ3) is 3.12. The number of hydrogen-bond donors (Lipinski definition) is 0. The molecule has 0 aliphatic heterocycles. The first-order chi connectivity index (χ1) is 24.3. The van der Waals surface area contributed by atoms with E-state index in [0.717, 1.165) is 16.9 Å². The topological polar surface area (TPSA) is 27.2 Å². The predicted octanol–water partition coefficient (Wildman–Crippen LogP) is 11.6. The van der Waals surface area contributed by atoms with Crippen molar-refractivity contribution in [2.75, 3.05) is 0 Å². The summed E-state index contributed by atoms with van der Waals surface area (Å²) in [5.74, 6) is 0. The number of aromatic nitrogens is 4. The van der Waals surface area contributed by atoms with E-state index in [9.17, 15) is 0 Å². The normalized spacial score (nSPS) is 12.5. The molecule has 4 heteroatoms. The Balaban J connectivity index is 1.31. The number of pyridine rings is 1. The SMILES string of the molecule is c1ccc(-n2c3ccc(-n4c5ccc6ccccc6c5c5c6c7ccccc7n7c8ccccc8c(cc54)c67)cc3c3ccncc32)cc1. The summed E-state index contributed by atoms with van der Waals surface area (Å²) in [7, 11) is 0. The van der Waals surface area contributed by atoms with Crippen LogP contribution >= 0.6 is 0 Å². The van der Waals surface area contributed by atoms with Crippen molar-refractivity contribution in [3.63, 3.8) is 0 Å². The van der Waals surface area contributed by atoms with Crippen LogP contribution in [0.1, 0.15) is 0 Å². The number of nitrogens with zero attached hydrogens (tertiary/aromatic N) is 4. The van der Waals surface area contributed by atoms with E-state index in [2.05, 4.69) is 164 Å². The smallest absolute Gasteiger partial charge is 0.0724 e. The lowest BCUT2D eigenvalue weighted by Gasteiger charge is -2.11. The van der Waals surface area contributed by atoms with Crippen LogP contribution < -0.4 is 0 Å². The van der Waals surface area contributed by atoms with Crippen LogP contribution in [0.25, 0.3) is 104 Å². The molecule has 0 bridgehead atoms. The molecule has 0 saturated heterocycles. The van der Waals surface area contributed by atoms with Gasteiger partial charge in [0.25, 0.3) is 0 Å². The zero-order valence-corrected chi connectivity index (χ0v) is 26.3. The fourth-order valence-electron chi connectivity index (χ4n) is 8.90. The number of para-hydroxylation sites is 3. The Hall–Kier alpha value is -6.65. The van der Waals surface area contributed by atoms with Gasteiger partial charge >= 0.3 is 0 Å². The fourth-order valence-corrected chi connectivity index (χ4v) is 8.90. The molecule has 0 atom stereocenters. The first-order valence-corrected chi connectivity index (χ1v) is 16.8. The van der Waals surface area contributed by atoms with E-state index in [1.807, 2.05) is 12.4 Å². The van der Waals surface area contributed by atoms with Gasteiger partial charge in [-0.05, 0) is 71.4 Å². The molecule has 4 nitrogen and oxygen atoms in total. The van der Waals surface area contributed by atoms with Crippen LogP contribution in [-0.4, -0.2) is 18.5 Å². The molecule has 0 spiro atoms. The second kappa shape index (κ2) is 9.03. The number of hydrogen-bond acceptors (Lipinski definition) is 1. The molecule has 0 N–H and O–H groups in total. The van der Waals surface area contributed by atoms with Gasteiger partial charge in [0.1, 0.15) is 0 Å². The van der Waals surface area contributed by atoms with E-state index < -0.39 is 0 Å². The number of benzene rings is 7. The number of rotatable bonds is 2. The highest BCUT2D eigenvalue weighted by Gasteiger charge is 2.25. The average molecular weight is 623 g/mol. The molecule has 12 aromatic rings. The molecule has 0 aliphatic carbocycles. The molecule has 49 heavy (non-hydrogen) atoms. The van der Waals surface area contributed by atoms with Gasteiger partial charge in [-0.2, -0.15) is 0 Å². The largest absolute Gasteiger partial charge is 0.309 e. The van der Waals surface area contributed by atoms with Crippen molar-refractivity contribution < 1.29 is 0 Å². The van der Waals surface area contributed by atoms with Gasteiger partial charge in [0.2, 0.25) is 0 Å². The zero-order valence-electron chi connectivity index (χ0n) is 26.3. The molecule has 12 rings (SSSR count). The van der Waals surface area contributed by atoms with E-state index >= 15 is 0 Å². The van der Waals surface area contributed by atoms with Crippen molar-refractivity contribution in [3.05, 3.63) is 158 Å². The van der Waals surface area contributed by atoms with Crippen molar-refractivity contribution in [1.29, 1.82) is 0 Å². The summed E-state index contributed by atoms with van der Waals surface area (Å²) >= 11 is 0. The summed E-state index contributed by atoms with van der Waals surface area (Å²) in [6, 6.07) is 53.4. The zero-order chi connectivity index (χ0) is 31.8. The Bertz CT molecular complexity index is 3320. The Kier molecular flexibility index (Phi) is 4.69. The van der Waals surface area contributed by atoms with Gasteiger partial charge in [-0.15, -0.1) is 0 Å². The fraction of sp³-hybridized carbons (Fsp3) is 0. The number of fused-ring (bicyclic) bond motifs is 15. The van der Waals surface area contributed by atoms with Gasteiger partial charge in [0, 0.05) is 60.7 Å². The molecule has 0 saturated carbocycles. The lowest BCUT2D eigenvalue weighted by Crippen LogP contribution is -1.96. The third-order valence-electron chi connectivity index (χ3n) is 10.8. The highest BCUT2D eigenvalue weighted by Crippen LogP contribution is 2.48. The first kappa shape index (κ1) is 25.4. The molecular weight excluding hydrogens is 597 g/mol. The average Bonchev–Trinajstić information content (AvgIpc) is 3.88. The van der Waals surface area contributed by atoms with E-state index in [1.54, 1.807) is 0 Å². The third-order valence-corrected chi connectivity index (χ3v) is 10.8. The van der Waals surface area contributed by atoms with Crippen molar-refractivity contribution in [1.82, 2.24) is 18.5 Å². The molecule has 0 unspecified atom stereocenters. The maximum absolute atomic E-state index is 4.54. The van der Waals surface area contributed by atoms with Gasteiger partial charge in [0.15, 0.2) is 0 Å². The summed E-state index contributed by atoms with van der Waals surface area (Å²) in [5, 5.41) is 12.7. The van der Waals surface area contributed by atoms with Gasteiger partial charge < -0.3 is 13.5 Å². The molecule has 0 aliphatic rings. The van der Waals surface area contributed by atoms with Crippen molar-refractivity contribution in [2.45, 2.75) is 0 Å². The minimum absolute atomic E-state index is 1.10. The summed E-state index contributed by atoms with van der Waals surface area (Å²) in [5.41, 5.74) is 10.8. The van der Waals surface area contributed by atoms with Crippen LogP contribution in [0.15, 0.2) is 158 Å². The van der Waals surface area contributed by atoms with Crippen LogP contribution in [-0.2, 0) is 0 Å². The molecule has 5 aromatic heterocycles. The summed E-state index contributed by atoms with van der Waals surface area (Å²) < 4.78 is 7.32. The molecule has 0 fully saturated rings. The second-order valence-corrected chi connectivity index (χ2v) is 13.2. The summed E-state index contributed by atoms with van der Waals surface area (Å²) in [4.78, 5) is 4.54. The highest BCUT2D eigenvalue weighted by atomic mass is 15.0. The van der Waals surface area contributed by atoms with E-state index in [-0.39, 0.29) is 0 Å². The van der Waals surface area contributed by atoms with Crippen LogP contribution in [0, 0.1) is 0 Å². The molecule has 5 heterocycles. The maximum Gasteiger partial charge on any atom is 0.0724 e. The van der Waals surface area contributed by atoms with Crippen LogP contribution in [0.2, 0.25) is 0 Å². The Morgan fingerprint density at radius 3 is 1.94 bits per heavy atom. The van der Waals surface area contributed by atoms with Crippen LogP contribution in [0.5, 0.6) is 0 Å². The van der Waals surface area contributed by atoms with E-state index in [1.165, 1.54) is 87.0 Å². The van der Waals surface area contributed by atoms with Gasteiger partial charge in [-0.25, -0.2) is 0 Å². The highest BCUT2D eigenvalue weighted by molar-refractivity contribution is 6.38. The van der Waals surface area contributed by atoms with Crippen molar-refractivity contribution >= 4 is 92.5 Å². The molecule has 7 aromatic carbocycles. The van der Waals surface area contributed by atoms with Crippen LogP contribution in [0.4, 0.5) is 0 Å². The molecule has 226 valence electrons. The molecule has 0 amide bonds. The lowest BCUT2D eigenvalue weighted by atomic mass is 9.99. The first-order valence-electron chi connectivity index (χ1n) is 16.8. The van der Waals surface area contributed by atoms with Gasteiger partial charge in [0.05, 0.1) is 44.8 Å². The monoisotopic (exact) mass is 622 g/mol. The second-order valence-electron chi connectivity index (χ2n) is 13.2. The summed E-state index contributed by atoms with van der Waals surface area (Å²) in [6.45, 7) is 0. The lowest BCUT2D eigenvalue weighted by molar-refractivity contribution is 1.16. The predicted molar refractivity (Wildman–Crippen MR) is 205 cm³/mol. The quantitative estimate of drug-likeness (QED) is 0.188. The van der Waals surface area contributed by atoms with Gasteiger partial charge in [-0.3, -0.25) is 4.98 Å². The van der Waals surface area contributed by atoms with Crippen molar-refractivity contribution in [3.8, 4) is 11.4 Å². The van der Waals surface area contributed by atoms with Crippen molar-refractivity contribution in [2.24, 2.45) is 0 Å². The minimum Gasteiger partial charge on any atom is -0.309 e. The van der Waals surface area contributed by atoms with Gasteiger partial charge in [-0.1, -0.05) is 84.9 Å². The standard InChI is InChI=1S/C45H26N4/c1-2-11-28(12-3-1)47-38-21-19-29(24-34(38)32-22-23-46-26-41(32)47)48-39-20-18-27-10-4-5-13-30(27)42(39)44-40(48)25-35-31-14-6-8-16-36(31)49-37-17-9-7-15-33(37)43(44)45(35)49/h1-26H. The van der Waals surface area contributed by atoms with E-state index in [0.29, 0.717) is 0 Å². The maximum atomic E-state index is 4.54. The molecular formula is C45H26N4. The minimum atomic E-state index is 1.10.